The van der Waals surface area contributed by atoms with E-state index in [1.54, 1.807) is 11.9 Å². The number of aliphatic hydroxyl groups is 2. The second kappa shape index (κ2) is 5.04. The lowest BCUT2D eigenvalue weighted by Crippen LogP contribution is -2.51. The van der Waals surface area contributed by atoms with Gasteiger partial charge in [0.05, 0.1) is 19.0 Å². The maximum Gasteiger partial charge on any atom is 0.150 e. The molecule has 0 aromatic rings. The number of rotatable bonds is 4. The Morgan fingerprint density at radius 3 is 2.93 bits per heavy atom. The smallest absolute Gasteiger partial charge is 0.150 e. The summed E-state index contributed by atoms with van der Waals surface area (Å²) in [7, 11) is 3.61. The number of hydrogen-bond acceptors (Lipinski definition) is 6. The van der Waals surface area contributed by atoms with Crippen LogP contribution in [0, 0.1) is 0 Å². The molecule has 1 aliphatic heterocycles. The number of nitrogens with one attached hydrogen (secondary N) is 3. The lowest BCUT2D eigenvalue weighted by atomic mass is 10.3. The van der Waals surface area contributed by atoms with Crippen molar-refractivity contribution >= 4 is 0 Å². The van der Waals surface area contributed by atoms with Crippen molar-refractivity contribution in [2.45, 2.75) is 6.23 Å². The average molecular weight is 202 g/mol. The zero-order valence-corrected chi connectivity index (χ0v) is 8.54. The summed E-state index contributed by atoms with van der Waals surface area (Å²) >= 11 is 0. The lowest BCUT2D eigenvalue weighted by Gasteiger charge is -2.33. The highest BCUT2D eigenvalue weighted by atomic mass is 16.3. The van der Waals surface area contributed by atoms with Crippen LogP contribution in [0.3, 0.4) is 0 Å². The maximum absolute atomic E-state index is 9.70. The number of nitrogens with zero attached hydrogens (tertiary/aromatic N) is 1. The molecule has 0 aromatic carbocycles. The first-order valence-corrected chi connectivity index (χ1v) is 4.60. The van der Waals surface area contributed by atoms with Crippen molar-refractivity contribution in [3.63, 3.8) is 0 Å². The van der Waals surface area contributed by atoms with Crippen LogP contribution in [-0.2, 0) is 0 Å². The third-order valence-electron chi connectivity index (χ3n) is 2.17. The van der Waals surface area contributed by atoms with Crippen LogP contribution in [-0.4, -0.2) is 55.3 Å². The van der Waals surface area contributed by atoms with Gasteiger partial charge < -0.3 is 25.7 Å². The molecule has 0 spiro atoms. The van der Waals surface area contributed by atoms with E-state index in [0.717, 1.165) is 5.82 Å². The molecule has 0 bridgehead atoms. The molecule has 1 unspecified atom stereocenters. The summed E-state index contributed by atoms with van der Waals surface area (Å²) in [5.41, 5.74) is 0.716. The van der Waals surface area contributed by atoms with Crippen LogP contribution in [0.5, 0.6) is 0 Å². The van der Waals surface area contributed by atoms with E-state index in [2.05, 4.69) is 16.0 Å². The molecule has 0 saturated carbocycles. The van der Waals surface area contributed by atoms with E-state index in [4.69, 9.17) is 5.11 Å². The van der Waals surface area contributed by atoms with E-state index >= 15 is 0 Å². The van der Waals surface area contributed by atoms with Crippen molar-refractivity contribution in [2.75, 3.05) is 33.9 Å². The fraction of sp³-hybridized carbons (Fsp3) is 0.750. The van der Waals surface area contributed by atoms with E-state index in [-0.39, 0.29) is 6.61 Å². The molecule has 1 aliphatic rings. The van der Waals surface area contributed by atoms with E-state index in [1.165, 1.54) is 0 Å². The molecule has 1 rings (SSSR count). The standard InChI is InChI=1S/C8H18N4O2/c1-9-7-6(12(2)3-4-13)8(14)11-5-10-7/h8-11,13-14H,3-5H2,1-2H3. The molecule has 0 aromatic heterocycles. The van der Waals surface area contributed by atoms with Gasteiger partial charge in [0, 0.05) is 20.6 Å². The van der Waals surface area contributed by atoms with Crippen LogP contribution in [0.15, 0.2) is 11.5 Å². The SMILES string of the molecule is CNC1=C(N(C)CCO)C(O)NCN1. The molecule has 0 fully saturated rings. The van der Waals surface area contributed by atoms with Gasteiger partial charge in [-0.05, 0) is 0 Å². The highest BCUT2D eigenvalue weighted by molar-refractivity contribution is 5.16. The number of likely N-dealkylation sites (N-methyl/N-ethyl adjacent to an activating group) is 1. The molecule has 0 saturated heterocycles. The highest BCUT2D eigenvalue weighted by Crippen LogP contribution is 2.10. The van der Waals surface area contributed by atoms with Crippen molar-refractivity contribution in [2.24, 2.45) is 0 Å². The third-order valence-corrected chi connectivity index (χ3v) is 2.17. The normalized spacial score (nSPS) is 21.9. The van der Waals surface area contributed by atoms with Crippen LogP contribution in [0.1, 0.15) is 0 Å². The van der Waals surface area contributed by atoms with Crippen molar-refractivity contribution in [1.29, 1.82) is 0 Å². The molecule has 0 radical (unpaired) electrons. The molecule has 6 heteroatoms. The Labute approximate surface area is 83.6 Å². The monoisotopic (exact) mass is 202 g/mol. The molecule has 1 heterocycles. The summed E-state index contributed by atoms with van der Waals surface area (Å²) in [4.78, 5) is 1.80. The summed E-state index contributed by atoms with van der Waals surface area (Å²) < 4.78 is 0. The first kappa shape index (κ1) is 11.1. The van der Waals surface area contributed by atoms with Gasteiger partial charge in [-0.1, -0.05) is 0 Å². The van der Waals surface area contributed by atoms with Gasteiger partial charge in [0.25, 0.3) is 0 Å². The molecule has 0 amide bonds. The first-order chi connectivity index (χ1) is 6.70. The zero-order valence-electron chi connectivity index (χ0n) is 8.54. The first-order valence-electron chi connectivity index (χ1n) is 4.60. The van der Waals surface area contributed by atoms with Crippen LogP contribution >= 0.6 is 0 Å². The summed E-state index contributed by atoms with van der Waals surface area (Å²) in [6, 6.07) is 0. The van der Waals surface area contributed by atoms with Crippen LogP contribution in [0.4, 0.5) is 0 Å². The van der Waals surface area contributed by atoms with E-state index in [1.807, 2.05) is 7.05 Å². The lowest BCUT2D eigenvalue weighted by molar-refractivity contribution is 0.115. The molecule has 82 valence electrons. The summed E-state index contributed by atoms with van der Waals surface area (Å²) in [5.74, 6) is 0.784. The molecule has 5 N–H and O–H groups in total. The second-order valence-corrected chi connectivity index (χ2v) is 3.12. The predicted octanol–water partition coefficient (Wildman–Crippen LogP) is -2.23. The molecular weight excluding hydrogens is 184 g/mol. The van der Waals surface area contributed by atoms with Crippen LogP contribution < -0.4 is 16.0 Å². The maximum atomic E-state index is 9.70. The van der Waals surface area contributed by atoms with Gasteiger partial charge in [0.15, 0.2) is 6.23 Å². The van der Waals surface area contributed by atoms with E-state index in [0.29, 0.717) is 18.9 Å². The van der Waals surface area contributed by atoms with Gasteiger partial charge in [-0.15, -0.1) is 0 Å². The Morgan fingerprint density at radius 1 is 1.64 bits per heavy atom. The van der Waals surface area contributed by atoms with Gasteiger partial charge in [-0.2, -0.15) is 0 Å². The Morgan fingerprint density at radius 2 is 2.36 bits per heavy atom. The van der Waals surface area contributed by atoms with Gasteiger partial charge in [0.2, 0.25) is 0 Å². The Balaban J connectivity index is 2.80. The predicted molar refractivity (Wildman–Crippen MR) is 52.9 cm³/mol. The third kappa shape index (κ3) is 2.28. The largest absolute Gasteiger partial charge is 0.395 e. The fourth-order valence-corrected chi connectivity index (χ4v) is 1.45. The quantitative estimate of drug-likeness (QED) is 0.355. The van der Waals surface area contributed by atoms with Gasteiger partial charge in [0.1, 0.15) is 5.82 Å². The highest BCUT2D eigenvalue weighted by Gasteiger charge is 2.22. The Bertz CT molecular complexity index is 219. The number of aliphatic hydroxyl groups excluding tert-OH is 2. The van der Waals surface area contributed by atoms with Gasteiger partial charge >= 0.3 is 0 Å². The molecule has 6 nitrogen and oxygen atoms in total. The summed E-state index contributed by atoms with van der Waals surface area (Å²) in [6.45, 7) is 1.07. The molecule has 14 heavy (non-hydrogen) atoms. The van der Waals surface area contributed by atoms with Gasteiger partial charge in [-0.3, -0.25) is 5.32 Å². The number of hydrogen-bond donors (Lipinski definition) is 5. The second-order valence-electron chi connectivity index (χ2n) is 3.12. The minimum atomic E-state index is -0.699. The average Bonchev–Trinajstić information content (AvgIpc) is 2.17. The Hall–Kier alpha value is -0.980. The summed E-state index contributed by atoms with van der Waals surface area (Å²) in [5, 5.41) is 27.4. The van der Waals surface area contributed by atoms with Crippen molar-refractivity contribution in [1.82, 2.24) is 20.9 Å². The van der Waals surface area contributed by atoms with E-state index < -0.39 is 6.23 Å². The van der Waals surface area contributed by atoms with Crippen molar-refractivity contribution in [3.8, 4) is 0 Å². The topological polar surface area (TPSA) is 79.8 Å². The minimum absolute atomic E-state index is 0.0592. The molecule has 1 atom stereocenters. The van der Waals surface area contributed by atoms with Crippen LogP contribution in [0.25, 0.3) is 0 Å². The van der Waals surface area contributed by atoms with Crippen molar-refractivity contribution in [3.05, 3.63) is 11.5 Å². The van der Waals surface area contributed by atoms with Crippen LogP contribution in [0.2, 0.25) is 0 Å². The minimum Gasteiger partial charge on any atom is -0.395 e. The van der Waals surface area contributed by atoms with Crippen molar-refractivity contribution < 1.29 is 10.2 Å². The summed E-state index contributed by atoms with van der Waals surface area (Å²) in [6.07, 6.45) is -0.699. The molecule has 0 aliphatic carbocycles. The Kier molecular flexibility index (Phi) is 3.99. The zero-order chi connectivity index (χ0) is 10.6. The van der Waals surface area contributed by atoms with Gasteiger partial charge in [-0.25, -0.2) is 0 Å². The van der Waals surface area contributed by atoms with E-state index in [9.17, 15) is 5.11 Å². The molecular formula is C8H18N4O2. The fourth-order valence-electron chi connectivity index (χ4n) is 1.45.